The minimum atomic E-state index is -1.17. The van der Waals surface area contributed by atoms with E-state index in [0.29, 0.717) is 0 Å². The second kappa shape index (κ2) is 12.8. The Morgan fingerprint density at radius 1 is 0.750 bits per heavy atom. The molecule has 0 spiro atoms. The lowest BCUT2D eigenvalue weighted by atomic mass is 9.99. The van der Waals surface area contributed by atoms with Gasteiger partial charge in [-0.25, -0.2) is 0 Å². The van der Waals surface area contributed by atoms with Crippen molar-refractivity contribution < 1.29 is 10.0 Å². The van der Waals surface area contributed by atoms with Gasteiger partial charge in [0.15, 0.2) is 0 Å². The minimum Gasteiger partial charge on any atom is -0.427 e. The van der Waals surface area contributed by atoms with Crippen molar-refractivity contribution in [2.75, 3.05) is 0 Å². The van der Waals surface area contributed by atoms with Crippen molar-refractivity contribution in [2.24, 2.45) is 0 Å². The van der Waals surface area contributed by atoms with Gasteiger partial charge in [-0.1, -0.05) is 50.2 Å². The maximum absolute atomic E-state index is 7.61. The van der Waals surface area contributed by atoms with E-state index in [1.54, 1.807) is 0 Å². The van der Waals surface area contributed by atoms with E-state index in [4.69, 9.17) is 10.0 Å². The number of hydrogen-bond donors (Lipinski definition) is 2. The molecule has 0 amide bonds. The average molecular weight is 168 g/mol. The molecular formula is C9H17BO2. The standard InChI is InChI=1S/C6H6.C2H6.CH5BO2/c1-2-4-6-5-3-1;1-2;1-2(3)4/h1-6H;1-2H3;3-4H,1H3. The third-order valence-electron chi connectivity index (χ3n) is 0.667. The fourth-order valence-electron chi connectivity index (χ4n) is 0.385. The molecule has 0 fully saturated rings. The van der Waals surface area contributed by atoms with E-state index in [9.17, 15) is 0 Å². The molecule has 0 aromatic heterocycles. The summed E-state index contributed by atoms with van der Waals surface area (Å²) in [6.07, 6.45) is 0. The lowest BCUT2D eigenvalue weighted by molar-refractivity contribution is 0.417. The van der Waals surface area contributed by atoms with Crippen molar-refractivity contribution in [3.63, 3.8) is 0 Å². The third-order valence-corrected chi connectivity index (χ3v) is 0.667. The zero-order valence-electron chi connectivity index (χ0n) is 7.94. The van der Waals surface area contributed by atoms with Gasteiger partial charge in [-0.3, -0.25) is 0 Å². The second-order valence-electron chi connectivity index (χ2n) is 1.79. The smallest absolute Gasteiger partial charge is 0.427 e. The maximum Gasteiger partial charge on any atom is 0.448 e. The van der Waals surface area contributed by atoms with Crippen molar-refractivity contribution in [1.29, 1.82) is 0 Å². The molecule has 12 heavy (non-hydrogen) atoms. The summed E-state index contributed by atoms with van der Waals surface area (Å²) in [6.45, 7) is 5.28. The van der Waals surface area contributed by atoms with Gasteiger partial charge in [-0.2, -0.15) is 0 Å². The molecule has 0 heterocycles. The van der Waals surface area contributed by atoms with Crippen LogP contribution in [0, 0.1) is 0 Å². The molecule has 0 aliphatic carbocycles. The van der Waals surface area contributed by atoms with Gasteiger partial charge in [-0.15, -0.1) is 0 Å². The highest BCUT2D eigenvalue weighted by molar-refractivity contribution is 6.38. The molecule has 0 aliphatic heterocycles. The summed E-state index contributed by atoms with van der Waals surface area (Å²) in [5, 5.41) is 15.2. The number of benzene rings is 1. The highest BCUT2D eigenvalue weighted by Gasteiger charge is 1.86. The summed E-state index contributed by atoms with van der Waals surface area (Å²) in [5.74, 6) is 0. The van der Waals surface area contributed by atoms with Crippen LogP contribution in [0.15, 0.2) is 36.4 Å². The average Bonchev–Trinajstić information content (AvgIpc) is 2.10. The lowest BCUT2D eigenvalue weighted by Crippen LogP contribution is -2.00. The van der Waals surface area contributed by atoms with Crippen molar-refractivity contribution >= 4 is 7.12 Å². The van der Waals surface area contributed by atoms with E-state index in [0.717, 1.165) is 0 Å². The van der Waals surface area contributed by atoms with Gasteiger partial charge in [-0.05, 0) is 6.82 Å². The lowest BCUT2D eigenvalue weighted by Gasteiger charge is -1.71. The van der Waals surface area contributed by atoms with Gasteiger partial charge < -0.3 is 10.0 Å². The van der Waals surface area contributed by atoms with E-state index in [2.05, 4.69) is 0 Å². The van der Waals surface area contributed by atoms with Gasteiger partial charge in [0.25, 0.3) is 0 Å². The first kappa shape index (κ1) is 13.8. The Bertz CT molecular complexity index is 113. The molecular weight excluding hydrogens is 151 g/mol. The summed E-state index contributed by atoms with van der Waals surface area (Å²) in [5.41, 5.74) is 0. The van der Waals surface area contributed by atoms with E-state index < -0.39 is 7.12 Å². The molecule has 0 bridgehead atoms. The Morgan fingerprint density at radius 2 is 0.833 bits per heavy atom. The fraction of sp³-hybridized carbons (Fsp3) is 0.333. The zero-order chi connectivity index (χ0) is 9.82. The Hall–Kier alpha value is -0.795. The number of rotatable bonds is 0. The van der Waals surface area contributed by atoms with E-state index in [1.807, 2.05) is 50.2 Å². The van der Waals surface area contributed by atoms with E-state index in [1.165, 1.54) is 6.82 Å². The van der Waals surface area contributed by atoms with Crippen molar-refractivity contribution in [3.8, 4) is 0 Å². The first-order chi connectivity index (χ1) is 5.73. The molecule has 0 unspecified atom stereocenters. The Labute approximate surface area is 75.0 Å². The van der Waals surface area contributed by atoms with Crippen LogP contribution in [0.25, 0.3) is 0 Å². The Morgan fingerprint density at radius 3 is 0.917 bits per heavy atom. The predicted molar refractivity (Wildman–Crippen MR) is 53.8 cm³/mol. The topological polar surface area (TPSA) is 40.5 Å². The zero-order valence-corrected chi connectivity index (χ0v) is 7.94. The minimum absolute atomic E-state index is 1.17. The maximum atomic E-state index is 7.61. The Kier molecular flexibility index (Phi) is 14.7. The molecule has 68 valence electrons. The fourth-order valence-corrected chi connectivity index (χ4v) is 0.385. The van der Waals surface area contributed by atoms with Crippen molar-refractivity contribution in [3.05, 3.63) is 36.4 Å². The first-order valence-electron chi connectivity index (χ1n) is 4.09. The van der Waals surface area contributed by atoms with Crippen LogP contribution in [-0.4, -0.2) is 17.2 Å². The molecule has 3 heteroatoms. The molecule has 0 radical (unpaired) electrons. The van der Waals surface area contributed by atoms with E-state index in [-0.39, 0.29) is 0 Å². The quantitative estimate of drug-likeness (QED) is 0.580. The van der Waals surface area contributed by atoms with Crippen LogP contribution in [0.5, 0.6) is 0 Å². The Balaban J connectivity index is 0. The van der Waals surface area contributed by atoms with Crippen LogP contribution in [-0.2, 0) is 0 Å². The monoisotopic (exact) mass is 168 g/mol. The van der Waals surface area contributed by atoms with Crippen LogP contribution in [0.3, 0.4) is 0 Å². The SMILES string of the molecule is CB(O)O.CC.c1ccccc1. The molecule has 0 atom stereocenters. The van der Waals surface area contributed by atoms with Crippen molar-refractivity contribution in [2.45, 2.75) is 20.7 Å². The normalized spacial score (nSPS) is 6.75. The van der Waals surface area contributed by atoms with Gasteiger partial charge in [0, 0.05) is 0 Å². The van der Waals surface area contributed by atoms with Gasteiger partial charge in [0.1, 0.15) is 0 Å². The summed E-state index contributed by atoms with van der Waals surface area (Å²) in [7, 11) is -1.17. The molecule has 1 aromatic carbocycles. The van der Waals surface area contributed by atoms with Crippen LogP contribution in [0.1, 0.15) is 13.8 Å². The van der Waals surface area contributed by atoms with Crippen LogP contribution >= 0.6 is 0 Å². The van der Waals surface area contributed by atoms with Gasteiger partial charge in [0.2, 0.25) is 0 Å². The summed E-state index contributed by atoms with van der Waals surface area (Å²) < 4.78 is 0. The number of hydrogen-bond acceptors (Lipinski definition) is 2. The third kappa shape index (κ3) is 22.9. The highest BCUT2D eigenvalue weighted by Crippen LogP contribution is 1.79. The predicted octanol–water partition coefficient (Wildman–Crippen LogP) is 1.80. The molecule has 1 rings (SSSR count). The summed E-state index contributed by atoms with van der Waals surface area (Å²) >= 11 is 0. The van der Waals surface area contributed by atoms with Gasteiger partial charge >= 0.3 is 7.12 Å². The summed E-state index contributed by atoms with van der Waals surface area (Å²) in [6, 6.07) is 12.0. The molecule has 2 N–H and O–H groups in total. The molecule has 0 saturated carbocycles. The molecule has 1 aromatic rings. The highest BCUT2D eigenvalue weighted by atomic mass is 16.4. The summed E-state index contributed by atoms with van der Waals surface area (Å²) in [4.78, 5) is 0. The molecule has 2 nitrogen and oxygen atoms in total. The van der Waals surface area contributed by atoms with Crippen LogP contribution in [0.4, 0.5) is 0 Å². The van der Waals surface area contributed by atoms with Crippen molar-refractivity contribution in [1.82, 2.24) is 0 Å². The van der Waals surface area contributed by atoms with Gasteiger partial charge in [0.05, 0.1) is 0 Å². The van der Waals surface area contributed by atoms with Crippen LogP contribution < -0.4 is 0 Å². The van der Waals surface area contributed by atoms with E-state index >= 15 is 0 Å². The first-order valence-corrected chi connectivity index (χ1v) is 4.09. The molecule has 0 saturated heterocycles. The second-order valence-corrected chi connectivity index (χ2v) is 1.79. The molecule has 0 aliphatic rings. The largest absolute Gasteiger partial charge is 0.448 e. The van der Waals surface area contributed by atoms with Crippen LogP contribution in [0.2, 0.25) is 6.82 Å².